The van der Waals surface area contributed by atoms with Gasteiger partial charge in [-0.05, 0) is 38.0 Å². The normalized spacial score (nSPS) is 15.2. The maximum atomic E-state index is 14.5. The van der Waals surface area contributed by atoms with Gasteiger partial charge in [0.15, 0.2) is 11.5 Å². The average molecular weight is 405 g/mol. The zero-order chi connectivity index (χ0) is 20.8. The fourth-order valence-electron chi connectivity index (χ4n) is 4.49. The molecule has 0 saturated heterocycles. The van der Waals surface area contributed by atoms with E-state index >= 15 is 0 Å². The molecule has 1 aromatic carbocycles. The monoisotopic (exact) mass is 405 g/mol. The number of benzene rings is 1. The fraction of sp³-hybridized carbons (Fsp3) is 0.348. The van der Waals surface area contributed by atoms with Crippen molar-refractivity contribution in [2.75, 3.05) is 11.9 Å². The summed E-state index contributed by atoms with van der Waals surface area (Å²) in [4.78, 5) is 24.2. The van der Waals surface area contributed by atoms with Crippen molar-refractivity contribution >= 4 is 22.2 Å². The summed E-state index contributed by atoms with van der Waals surface area (Å²) in [6, 6.07) is 7.64. The van der Waals surface area contributed by atoms with E-state index in [2.05, 4.69) is 21.9 Å². The zero-order valence-electron chi connectivity index (χ0n) is 17.2. The second-order valence-corrected chi connectivity index (χ2v) is 8.18. The Bertz CT molecular complexity index is 1300. The number of hydrogen-bond acceptors (Lipinski definition) is 4. The number of pyridine rings is 1. The zero-order valence-corrected chi connectivity index (χ0v) is 17.2. The van der Waals surface area contributed by atoms with Crippen molar-refractivity contribution in [3.8, 4) is 5.69 Å². The van der Waals surface area contributed by atoms with Gasteiger partial charge in [0, 0.05) is 37.2 Å². The van der Waals surface area contributed by atoms with Crippen LogP contribution in [-0.2, 0) is 0 Å². The smallest absolute Gasteiger partial charge is 0.265 e. The van der Waals surface area contributed by atoms with E-state index in [-0.39, 0.29) is 11.2 Å². The van der Waals surface area contributed by atoms with Gasteiger partial charge in [-0.1, -0.05) is 19.3 Å². The van der Waals surface area contributed by atoms with Gasteiger partial charge in [0.1, 0.15) is 6.33 Å². The molecule has 5 rings (SSSR count). The SMILES string of the molecule is Cc1cn2cc(-n3cnc4ccc(N(C)C5CCCCC5)cc4c3=O)cc(F)c2n1. The molecular weight excluding hydrogens is 381 g/mol. The third-order valence-corrected chi connectivity index (χ3v) is 6.16. The van der Waals surface area contributed by atoms with Gasteiger partial charge in [-0.3, -0.25) is 9.36 Å². The van der Waals surface area contributed by atoms with Crippen molar-refractivity contribution in [1.82, 2.24) is 18.9 Å². The van der Waals surface area contributed by atoms with Crippen LogP contribution in [0.2, 0.25) is 0 Å². The summed E-state index contributed by atoms with van der Waals surface area (Å²) in [5.41, 5.74) is 2.81. The highest BCUT2D eigenvalue weighted by Gasteiger charge is 2.19. The van der Waals surface area contributed by atoms with Gasteiger partial charge in [-0.15, -0.1) is 0 Å². The second-order valence-electron chi connectivity index (χ2n) is 8.18. The summed E-state index contributed by atoms with van der Waals surface area (Å²) < 4.78 is 17.5. The molecule has 7 heteroatoms. The van der Waals surface area contributed by atoms with E-state index in [1.165, 1.54) is 49.1 Å². The molecule has 3 heterocycles. The van der Waals surface area contributed by atoms with Crippen molar-refractivity contribution in [3.63, 3.8) is 0 Å². The summed E-state index contributed by atoms with van der Waals surface area (Å²) in [7, 11) is 2.09. The van der Waals surface area contributed by atoms with Crippen molar-refractivity contribution in [2.24, 2.45) is 0 Å². The molecule has 154 valence electrons. The number of anilines is 1. The molecule has 1 saturated carbocycles. The van der Waals surface area contributed by atoms with Crippen molar-refractivity contribution in [1.29, 1.82) is 0 Å². The summed E-state index contributed by atoms with van der Waals surface area (Å²) >= 11 is 0. The minimum atomic E-state index is -0.474. The van der Waals surface area contributed by atoms with Gasteiger partial charge in [0.05, 0.1) is 22.3 Å². The molecule has 1 aliphatic carbocycles. The minimum Gasteiger partial charge on any atom is -0.372 e. The Kier molecular flexibility index (Phi) is 4.53. The molecule has 1 aliphatic rings. The fourth-order valence-corrected chi connectivity index (χ4v) is 4.49. The molecule has 0 bridgehead atoms. The molecule has 0 atom stereocenters. The van der Waals surface area contributed by atoms with E-state index in [0.717, 1.165) is 5.69 Å². The van der Waals surface area contributed by atoms with Crippen molar-refractivity contribution in [3.05, 3.63) is 64.9 Å². The van der Waals surface area contributed by atoms with E-state index < -0.39 is 5.82 Å². The highest BCUT2D eigenvalue weighted by Crippen LogP contribution is 2.27. The third-order valence-electron chi connectivity index (χ3n) is 6.16. The number of nitrogens with zero attached hydrogens (tertiary/aromatic N) is 5. The maximum Gasteiger partial charge on any atom is 0.265 e. The van der Waals surface area contributed by atoms with Crippen LogP contribution >= 0.6 is 0 Å². The lowest BCUT2D eigenvalue weighted by atomic mass is 9.94. The van der Waals surface area contributed by atoms with Gasteiger partial charge in [-0.2, -0.15) is 0 Å². The number of hydrogen-bond donors (Lipinski definition) is 0. The third kappa shape index (κ3) is 3.14. The van der Waals surface area contributed by atoms with E-state index in [0.29, 0.717) is 28.3 Å². The first-order valence-corrected chi connectivity index (χ1v) is 10.4. The molecule has 0 unspecified atom stereocenters. The van der Waals surface area contributed by atoms with Crippen LogP contribution in [0.15, 0.2) is 47.8 Å². The first-order valence-electron chi connectivity index (χ1n) is 10.4. The lowest BCUT2D eigenvalue weighted by Crippen LogP contribution is -2.33. The van der Waals surface area contributed by atoms with Gasteiger partial charge in [0.25, 0.3) is 5.56 Å². The molecular formula is C23H24FN5O. The summed E-state index contributed by atoms with van der Waals surface area (Å²) in [5, 5.41) is 0.528. The number of aromatic nitrogens is 4. The van der Waals surface area contributed by atoms with Crippen LogP contribution in [0.5, 0.6) is 0 Å². The predicted octanol–water partition coefficient (Wildman–Crippen LogP) is 4.25. The summed E-state index contributed by atoms with van der Waals surface area (Å²) in [6.45, 7) is 1.81. The number of halogens is 1. The Hall–Kier alpha value is -3.22. The van der Waals surface area contributed by atoms with Crippen LogP contribution in [0.4, 0.5) is 10.1 Å². The van der Waals surface area contributed by atoms with Gasteiger partial charge < -0.3 is 9.30 Å². The molecule has 0 radical (unpaired) electrons. The topological polar surface area (TPSA) is 55.4 Å². The summed E-state index contributed by atoms with van der Waals surface area (Å²) in [6.07, 6.45) is 11.0. The molecule has 0 amide bonds. The summed E-state index contributed by atoms with van der Waals surface area (Å²) in [5.74, 6) is -0.474. The highest BCUT2D eigenvalue weighted by atomic mass is 19.1. The van der Waals surface area contributed by atoms with E-state index in [1.54, 1.807) is 23.7 Å². The predicted molar refractivity (Wildman–Crippen MR) is 116 cm³/mol. The molecule has 3 aromatic heterocycles. The molecule has 30 heavy (non-hydrogen) atoms. The first kappa shape index (κ1) is 18.8. The minimum absolute atomic E-state index is 0.213. The average Bonchev–Trinajstić information content (AvgIpc) is 3.15. The van der Waals surface area contributed by atoms with Crippen LogP contribution in [0, 0.1) is 12.7 Å². The van der Waals surface area contributed by atoms with Gasteiger partial charge in [0.2, 0.25) is 0 Å². The number of rotatable bonds is 3. The first-order chi connectivity index (χ1) is 14.5. The van der Waals surface area contributed by atoms with Crippen molar-refractivity contribution < 1.29 is 4.39 Å². The van der Waals surface area contributed by atoms with Crippen LogP contribution in [0.25, 0.3) is 22.2 Å². The maximum absolute atomic E-state index is 14.5. The number of imidazole rings is 1. The molecule has 0 N–H and O–H groups in total. The Morgan fingerprint density at radius 3 is 2.73 bits per heavy atom. The van der Waals surface area contributed by atoms with Crippen LogP contribution in [0.1, 0.15) is 37.8 Å². The Morgan fingerprint density at radius 2 is 1.93 bits per heavy atom. The largest absolute Gasteiger partial charge is 0.372 e. The quantitative estimate of drug-likeness (QED) is 0.511. The molecule has 4 aromatic rings. The molecule has 6 nitrogen and oxygen atoms in total. The van der Waals surface area contributed by atoms with Gasteiger partial charge >= 0.3 is 0 Å². The lowest BCUT2D eigenvalue weighted by molar-refractivity contribution is 0.427. The Labute approximate surface area is 173 Å². The standard InChI is InChI=1S/C23H24FN5O/c1-15-12-28-13-18(11-20(24)22(28)26-15)29-14-25-21-9-8-17(10-19(21)23(29)30)27(2)16-6-4-3-5-7-16/h8-14,16H,3-7H2,1-2H3. The van der Waals surface area contributed by atoms with E-state index in [9.17, 15) is 9.18 Å². The highest BCUT2D eigenvalue weighted by molar-refractivity contribution is 5.82. The number of fused-ring (bicyclic) bond motifs is 2. The van der Waals surface area contributed by atoms with Gasteiger partial charge in [-0.25, -0.2) is 14.4 Å². The van der Waals surface area contributed by atoms with Crippen LogP contribution < -0.4 is 10.5 Å². The second kappa shape index (κ2) is 7.23. The van der Waals surface area contributed by atoms with E-state index in [1.807, 2.05) is 18.2 Å². The number of aryl methyl sites for hydroxylation is 1. The Balaban J connectivity index is 1.60. The lowest BCUT2D eigenvalue weighted by Gasteiger charge is -2.33. The Morgan fingerprint density at radius 1 is 1.13 bits per heavy atom. The van der Waals surface area contributed by atoms with Crippen molar-refractivity contribution in [2.45, 2.75) is 45.1 Å². The van der Waals surface area contributed by atoms with Crippen LogP contribution in [-0.4, -0.2) is 32.0 Å². The molecule has 0 aliphatic heterocycles. The molecule has 0 spiro atoms. The molecule has 1 fully saturated rings. The van der Waals surface area contributed by atoms with E-state index in [4.69, 9.17) is 0 Å². The van der Waals surface area contributed by atoms with Crippen LogP contribution in [0.3, 0.4) is 0 Å².